The summed E-state index contributed by atoms with van der Waals surface area (Å²) in [6.07, 6.45) is 14.3. The van der Waals surface area contributed by atoms with Gasteiger partial charge in [-0.25, -0.2) is 0 Å². The third-order valence-corrected chi connectivity index (χ3v) is 8.76. The predicted molar refractivity (Wildman–Crippen MR) is 91.5 cm³/mol. The lowest BCUT2D eigenvalue weighted by molar-refractivity contribution is -0.118. The molecule has 0 aromatic rings. The van der Waals surface area contributed by atoms with Crippen LogP contribution in [0.3, 0.4) is 0 Å². The van der Waals surface area contributed by atoms with Gasteiger partial charge in [-0.3, -0.25) is 0 Å². The third-order valence-electron chi connectivity index (χ3n) is 8.76. The van der Waals surface area contributed by atoms with Crippen molar-refractivity contribution in [3.05, 3.63) is 11.6 Å². The number of aliphatic hydroxyl groups excluding tert-OH is 1. The van der Waals surface area contributed by atoms with E-state index in [1.807, 2.05) is 0 Å². The van der Waals surface area contributed by atoms with Crippen LogP contribution in [0.2, 0.25) is 0 Å². The predicted octanol–water partition coefficient (Wildman–Crippen LogP) is 5.34. The zero-order valence-corrected chi connectivity index (χ0v) is 14.8. The summed E-state index contributed by atoms with van der Waals surface area (Å²) in [5, 5.41) is 10.1. The van der Waals surface area contributed by atoms with Gasteiger partial charge in [-0.2, -0.15) is 0 Å². The first-order valence-electron chi connectivity index (χ1n) is 9.86. The normalized spacial score (nSPS) is 54.2. The first-order valence-corrected chi connectivity index (χ1v) is 9.86. The summed E-state index contributed by atoms with van der Waals surface area (Å²) in [5.41, 5.74) is 2.81. The lowest BCUT2D eigenvalue weighted by Crippen LogP contribution is -2.53. The molecule has 3 saturated carbocycles. The Morgan fingerprint density at radius 3 is 2.68 bits per heavy atom. The topological polar surface area (TPSA) is 20.2 Å². The van der Waals surface area contributed by atoms with E-state index in [-0.39, 0.29) is 6.10 Å². The van der Waals surface area contributed by atoms with Crippen molar-refractivity contribution >= 4 is 0 Å². The number of hydrogen-bond acceptors (Lipinski definition) is 1. The van der Waals surface area contributed by atoms with Crippen LogP contribution in [0.25, 0.3) is 0 Å². The second-order valence-corrected chi connectivity index (χ2v) is 9.36. The summed E-state index contributed by atoms with van der Waals surface area (Å²) in [6.45, 7) is 7.52. The van der Waals surface area contributed by atoms with Crippen LogP contribution in [0.4, 0.5) is 0 Å². The molecule has 0 amide bonds. The number of rotatable bonds is 1. The van der Waals surface area contributed by atoms with Gasteiger partial charge in [0.2, 0.25) is 0 Å². The summed E-state index contributed by atoms with van der Waals surface area (Å²) in [5.74, 6) is 3.60. The fraction of sp³-hybridized carbons (Fsp3) is 0.905. The molecule has 0 aromatic heterocycles. The SMILES string of the molecule is CCC1=CCC2C3CC[C@@H]4CC(O)CC[C@]4(C)C3CC[C@]12C. The molecule has 0 spiro atoms. The summed E-state index contributed by atoms with van der Waals surface area (Å²) in [6, 6.07) is 0. The van der Waals surface area contributed by atoms with Gasteiger partial charge in [0.1, 0.15) is 0 Å². The van der Waals surface area contributed by atoms with Crippen LogP contribution in [0.15, 0.2) is 11.6 Å². The molecular weight excluding hydrogens is 268 g/mol. The highest BCUT2D eigenvalue weighted by atomic mass is 16.3. The van der Waals surface area contributed by atoms with Gasteiger partial charge in [0.25, 0.3) is 0 Å². The van der Waals surface area contributed by atoms with E-state index in [1.165, 1.54) is 44.9 Å². The average Bonchev–Trinajstić information content (AvgIpc) is 2.84. The smallest absolute Gasteiger partial charge is 0.0543 e. The van der Waals surface area contributed by atoms with Gasteiger partial charge in [-0.1, -0.05) is 32.4 Å². The molecule has 0 heterocycles. The van der Waals surface area contributed by atoms with Crippen LogP contribution >= 0.6 is 0 Å². The Morgan fingerprint density at radius 2 is 1.91 bits per heavy atom. The van der Waals surface area contributed by atoms with Crippen LogP contribution in [-0.4, -0.2) is 11.2 Å². The van der Waals surface area contributed by atoms with Crippen molar-refractivity contribution < 1.29 is 5.11 Å². The maximum absolute atomic E-state index is 10.1. The number of aliphatic hydroxyl groups is 1. The van der Waals surface area contributed by atoms with Gasteiger partial charge < -0.3 is 5.11 Å². The Morgan fingerprint density at radius 1 is 1.09 bits per heavy atom. The monoisotopic (exact) mass is 302 g/mol. The minimum absolute atomic E-state index is 0.0108. The van der Waals surface area contributed by atoms with Crippen LogP contribution in [0.5, 0.6) is 0 Å². The van der Waals surface area contributed by atoms with E-state index < -0.39 is 0 Å². The van der Waals surface area contributed by atoms with Crippen molar-refractivity contribution in [2.24, 2.45) is 34.5 Å². The quantitative estimate of drug-likeness (QED) is 0.648. The van der Waals surface area contributed by atoms with Gasteiger partial charge in [-0.05, 0) is 92.3 Å². The van der Waals surface area contributed by atoms with Gasteiger partial charge in [0, 0.05) is 0 Å². The third kappa shape index (κ3) is 1.93. The maximum atomic E-state index is 10.1. The molecule has 1 heteroatoms. The molecule has 7 atom stereocenters. The van der Waals surface area contributed by atoms with Crippen molar-refractivity contribution in [1.29, 1.82) is 0 Å². The average molecular weight is 303 g/mol. The molecular formula is C21H34O. The molecule has 124 valence electrons. The summed E-state index contributed by atoms with van der Waals surface area (Å²) in [4.78, 5) is 0. The molecule has 0 radical (unpaired) electrons. The molecule has 0 aliphatic heterocycles. The largest absolute Gasteiger partial charge is 0.393 e. The first kappa shape index (κ1) is 15.2. The fourth-order valence-corrected chi connectivity index (χ4v) is 7.44. The lowest BCUT2D eigenvalue weighted by Gasteiger charge is -2.60. The number of fused-ring (bicyclic) bond motifs is 5. The Balaban J connectivity index is 1.61. The van der Waals surface area contributed by atoms with E-state index in [9.17, 15) is 5.11 Å². The van der Waals surface area contributed by atoms with Crippen molar-refractivity contribution in [3.8, 4) is 0 Å². The molecule has 0 saturated heterocycles. The van der Waals surface area contributed by atoms with E-state index in [0.29, 0.717) is 10.8 Å². The molecule has 0 bridgehead atoms. The summed E-state index contributed by atoms with van der Waals surface area (Å²) < 4.78 is 0. The van der Waals surface area contributed by atoms with E-state index >= 15 is 0 Å². The van der Waals surface area contributed by atoms with Gasteiger partial charge in [0.05, 0.1) is 6.10 Å². The summed E-state index contributed by atoms with van der Waals surface area (Å²) in [7, 11) is 0. The Hall–Kier alpha value is -0.300. The standard InChI is InChI=1S/C21H34O/c1-4-14-6-8-18-17-7-5-15-13-16(22)9-11-21(15,3)19(17)10-12-20(14,18)2/h6,15-19,22H,4-5,7-13H2,1-3H3/t15-,16?,17?,18?,19?,20-,21+/m1/s1. The highest BCUT2D eigenvalue weighted by Crippen LogP contribution is 2.66. The van der Waals surface area contributed by atoms with Gasteiger partial charge in [-0.15, -0.1) is 0 Å². The first-order chi connectivity index (χ1) is 10.5. The van der Waals surface area contributed by atoms with Crippen LogP contribution in [0, 0.1) is 34.5 Å². The van der Waals surface area contributed by atoms with Gasteiger partial charge >= 0.3 is 0 Å². The molecule has 1 nitrogen and oxygen atoms in total. The van der Waals surface area contributed by atoms with Crippen molar-refractivity contribution in [2.45, 2.75) is 84.7 Å². The molecule has 1 N–H and O–H groups in total. The zero-order chi connectivity index (χ0) is 15.5. The Labute approximate surface area is 136 Å². The van der Waals surface area contributed by atoms with Crippen LogP contribution < -0.4 is 0 Å². The second kappa shape index (κ2) is 5.10. The van der Waals surface area contributed by atoms with Crippen LogP contribution in [-0.2, 0) is 0 Å². The number of allylic oxidation sites excluding steroid dienone is 2. The zero-order valence-electron chi connectivity index (χ0n) is 14.8. The highest BCUT2D eigenvalue weighted by molar-refractivity contribution is 5.25. The van der Waals surface area contributed by atoms with Crippen molar-refractivity contribution in [1.82, 2.24) is 0 Å². The molecule has 0 aromatic carbocycles. The highest BCUT2D eigenvalue weighted by Gasteiger charge is 2.58. The molecule has 4 aliphatic carbocycles. The van der Waals surface area contributed by atoms with E-state index in [4.69, 9.17) is 0 Å². The summed E-state index contributed by atoms with van der Waals surface area (Å²) >= 11 is 0. The van der Waals surface area contributed by atoms with E-state index in [1.54, 1.807) is 5.57 Å². The van der Waals surface area contributed by atoms with E-state index in [2.05, 4.69) is 26.8 Å². The minimum Gasteiger partial charge on any atom is -0.393 e. The van der Waals surface area contributed by atoms with Crippen LogP contribution in [0.1, 0.15) is 78.6 Å². The Bertz CT molecular complexity index is 480. The van der Waals surface area contributed by atoms with Gasteiger partial charge in [0.15, 0.2) is 0 Å². The molecule has 4 aliphatic rings. The molecule has 4 rings (SSSR count). The maximum Gasteiger partial charge on any atom is 0.0543 e. The second-order valence-electron chi connectivity index (χ2n) is 9.36. The van der Waals surface area contributed by atoms with Crippen molar-refractivity contribution in [2.75, 3.05) is 0 Å². The molecule has 4 unspecified atom stereocenters. The van der Waals surface area contributed by atoms with E-state index in [0.717, 1.165) is 36.5 Å². The number of hydrogen-bond donors (Lipinski definition) is 1. The Kier molecular flexibility index (Phi) is 3.53. The molecule has 3 fully saturated rings. The lowest BCUT2D eigenvalue weighted by atomic mass is 9.44. The minimum atomic E-state index is -0.0108. The molecule has 22 heavy (non-hydrogen) atoms. The van der Waals surface area contributed by atoms with Crippen molar-refractivity contribution in [3.63, 3.8) is 0 Å². The fourth-order valence-electron chi connectivity index (χ4n) is 7.44.